The van der Waals surface area contributed by atoms with Gasteiger partial charge in [0.15, 0.2) is 5.78 Å². The molecule has 0 spiro atoms. The Balaban J connectivity index is 1.97. The molecule has 2 aromatic carbocycles. The van der Waals surface area contributed by atoms with Crippen LogP contribution in [0.25, 0.3) is 0 Å². The molecular formula is C17H14O4. The molecule has 106 valence electrons. The van der Waals surface area contributed by atoms with E-state index in [1.54, 1.807) is 24.3 Å². The summed E-state index contributed by atoms with van der Waals surface area (Å²) < 4.78 is 5.89. The van der Waals surface area contributed by atoms with Gasteiger partial charge in [-0.2, -0.15) is 0 Å². The molecule has 1 N–H and O–H groups in total. The Hall–Kier alpha value is -2.62. The number of rotatable bonds is 2. The molecule has 1 atom stereocenters. The number of carboxylic acid groups (broad SMARTS) is 1. The topological polar surface area (TPSA) is 63.6 Å². The summed E-state index contributed by atoms with van der Waals surface area (Å²) in [6.07, 6.45) is -0.217. The summed E-state index contributed by atoms with van der Waals surface area (Å²) in [6, 6.07) is 12.0. The third-order valence-electron chi connectivity index (χ3n) is 3.58. The molecule has 1 unspecified atom stereocenters. The molecule has 1 aliphatic rings. The van der Waals surface area contributed by atoms with E-state index in [-0.39, 0.29) is 17.8 Å². The maximum absolute atomic E-state index is 12.2. The van der Waals surface area contributed by atoms with Gasteiger partial charge in [-0.3, -0.25) is 4.79 Å². The zero-order chi connectivity index (χ0) is 15.0. The van der Waals surface area contributed by atoms with Crippen LogP contribution in [0.15, 0.2) is 42.5 Å². The monoisotopic (exact) mass is 282 g/mol. The van der Waals surface area contributed by atoms with Gasteiger partial charge in [0.1, 0.15) is 11.9 Å². The zero-order valence-electron chi connectivity index (χ0n) is 11.5. The van der Waals surface area contributed by atoms with Crippen LogP contribution in [0.2, 0.25) is 0 Å². The molecule has 0 aromatic heterocycles. The summed E-state index contributed by atoms with van der Waals surface area (Å²) in [5.74, 6) is -0.408. The van der Waals surface area contributed by atoms with Gasteiger partial charge >= 0.3 is 5.97 Å². The molecule has 0 amide bonds. The second kappa shape index (κ2) is 5.05. The molecule has 4 heteroatoms. The van der Waals surface area contributed by atoms with Crippen molar-refractivity contribution >= 4 is 11.8 Å². The van der Waals surface area contributed by atoms with Crippen LogP contribution >= 0.6 is 0 Å². The predicted octanol–water partition coefficient (Wildman–Crippen LogP) is 3.40. The molecule has 3 rings (SSSR count). The van der Waals surface area contributed by atoms with Gasteiger partial charge in [-0.05, 0) is 42.3 Å². The van der Waals surface area contributed by atoms with Crippen LogP contribution in [0, 0.1) is 6.92 Å². The third kappa shape index (κ3) is 2.52. The Morgan fingerprint density at radius 3 is 2.81 bits per heavy atom. The van der Waals surface area contributed by atoms with E-state index >= 15 is 0 Å². The smallest absolute Gasteiger partial charge is 0.335 e. The number of carboxylic acids is 1. The maximum atomic E-state index is 12.2. The molecule has 1 heterocycles. The lowest BCUT2D eigenvalue weighted by Crippen LogP contribution is -2.20. The Kier molecular flexibility index (Phi) is 3.22. The molecule has 1 aliphatic heterocycles. The number of aryl methyl sites for hydroxylation is 1. The fourth-order valence-electron chi connectivity index (χ4n) is 2.49. The molecule has 0 bridgehead atoms. The first-order valence-electron chi connectivity index (χ1n) is 6.68. The van der Waals surface area contributed by atoms with Gasteiger partial charge in [0.2, 0.25) is 0 Å². The SMILES string of the molecule is Cc1ccc2c(c1)OC(c1cccc(C(=O)O)c1)CC2=O. The first kappa shape index (κ1) is 13.4. The van der Waals surface area contributed by atoms with E-state index < -0.39 is 12.1 Å². The van der Waals surface area contributed by atoms with E-state index in [1.807, 2.05) is 19.1 Å². The molecule has 2 aromatic rings. The van der Waals surface area contributed by atoms with Gasteiger partial charge in [0.25, 0.3) is 0 Å². The van der Waals surface area contributed by atoms with Gasteiger partial charge in [0.05, 0.1) is 17.5 Å². The summed E-state index contributed by atoms with van der Waals surface area (Å²) >= 11 is 0. The zero-order valence-corrected chi connectivity index (χ0v) is 11.5. The van der Waals surface area contributed by atoms with E-state index in [0.29, 0.717) is 16.9 Å². The second-order valence-corrected chi connectivity index (χ2v) is 5.16. The lowest BCUT2D eigenvalue weighted by Gasteiger charge is -2.26. The normalized spacial score (nSPS) is 17.0. The molecule has 0 fully saturated rings. The summed E-state index contributed by atoms with van der Waals surface area (Å²) in [5, 5.41) is 9.05. The molecule has 0 saturated heterocycles. The predicted molar refractivity (Wildman–Crippen MR) is 76.9 cm³/mol. The quantitative estimate of drug-likeness (QED) is 0.917. The number of Topliss-reactive ketones (excluding diaryl/α,β-unsaturated/α-hetero) is 1. The fraction of sp³-hybridized carbons (Fsp3) is 0.176. The number of hydrogen-bond donors (Lipinski definition) is 1. The number of hydrogen-bond acceptors (Lipinski definition) is 3. The van der Waals surface area contributed by atoms with Crippen LogP contribution in [0.5, 0.6) is 5.75 Å². The lowest BCUT2D eigenvalue weighted by molar-refractivity contribution is 0.0696. The minimum atomic E-state index is -0.991. The van der Waals surface area contributed by atoms with Crippen molar-refractivity contribution in [2.24, 2.45) is 0 Å². The lowest BCUT2D eigenvalue weighted by atomic mass is 9.95. The van der Waals surface area contributed by atoms with Gasteiger partial charge < -0.3 is 9.84 Å². The average molecular weight is 282 g/mol. The number of aromatic carboxylic acids is 1. The van der Waals surface area contributed by atoms with Crippen molar-refractivity contribution in [2.45, 2.75) is 19.4 Å². The first-order valence-corrected chi connectivity index (χ1v) is 6.68. The Morgan fingerprint density at radius 2 is 2.05 bits per heavy atom. The van der Waals surface area contributed by atoms with E-state index in [4.69, 9.17) is 9.84 Å². The summed E-state index contributed by atoms with van der Waals surface area (Å²) in [6.45, 7) is 1.93. The highest BCUT2D eigenvalue weighted by Gasteiger charge is 2.27. The summed E-state index contributed by atoms with van der Waals surface area (Å²) in [5.41, 5.74) is 2.50. The van der Waals surface area contributed by atoms with Crippen molar-refractivity contribution in [3.63, 3.8) is 0 Å². The van der Waals surface area contributed by atoms with Crippen LogP contribution in [0.1, 0.15) is 44.4 Å². The number of ketones is 1. The number of fused-ring (bicyclic) bond motifs is 1. The Labute approximate surface area is 122 Å². The van der Waals surface area contributed by atoms with Crippen LogP contribution < -0.4 is 4.74 Å². The standard InChI is InChI=1S/C17H14O4/c1-10-5-6-13-14(18)9-15(21-16(13)7-10)11-3-2-4-12(8-11)17(19)20/h2-8,15H,9H2,1H3,(H,19,20). The first-order chi connectivity index (χ1) is 10.0. The number of ether oxygens (including phenoxy) is 1. The minimum absolute atomic E-state index is 0.0157. The highest BCUT2D eigenvalue weighted by Crippen LogP contribution is 2.35. The molecule has 21 heavy (non-hydrogen) atoms. The van der Waals surface area contributed by atoms with E-state index in [1.165, 1.54) is 6.07 Å². The van der Waals surface area contributed by atoms with Gasteiger partial charge in [0, 0.05) is 0 Å². The Morgan fingerprint density at radius 1 is 1.24 bits per heavy atom. The highest BCUT2D eigenvalue weighted by molar-refractivity contribution is 6.00. The third-order valence-corrected chi connectivity index (χ3v) is 3.58. The van der Waals surface area contributed by atoms with E-state index in [9.17, 15) is 9.59 Å². The van der Waals surface area contributed by atoms with Crippen molar-refractivity contribution in [1.29, 1.82) is 0 Å². The van der Waals surface area contributed by atoms with Crippen LogP contribution in [0.4, 0.5) is 0 Å². The van der Waals surface area contributed by atoms with Crippen molar-refractivity contribution in [1.82, 2.24) is 0 Å². The molecule has 0 radical (unpaired) electrons. The van der Waals surface area contributed by atoms with Crippen molar-refractivity contribution in [2.75, 3.05) is 0 Å². The van der Waals surface area contributed by atoms with Gasteiger partial charge in [-0.1, -0.05) is 18.2 Å². The van der Waals surface area contributed by atoms with Crippen molar-refractivity contribution in [3.8, 4) is 5.75 Å². The molecule has 0 aliphatic carbocycles. The minimum Gasteiger partial charge on any atom is -0.484 e. The number of carbonyl (C=O) groups is 2. The van der Waals surface area contributed by atoms with Crippen LogP contribution in [-0.4, -0.2) is 16.9 Å². The second-order valence-electron chi connectivity index (χ2n) is 5.16. The maximum Gasteiger partial charge on any atom is 0.335 e. The summed E-state index contributed by atoms with van der Waals surface area (Å²) in [7, 11) is 0. The molecular weight excluding hydrogens is 268 g/mol. The van der Waals surface area contributed by atoms with E-state index in [0.717, 1.165) is 5.56 Å². The summed E-state index contributed by atoms with van der Waals surface area (Å²) in [4.78, 5) is 23.2. The largest absolute Gasteiger partial charge is 0.484 e. The number of benzene rings is 2. The molecule has 0 saturated carbocycles. The van der Waals surface area contributed by atoms with Crippen molar-refractivity contribution in [3.05, 3.63) is 64.7 Å². The van der Waals surface area contributed by atoms with Crippen LogP contribution in [0.3, 0.4) is 0 Å². The highest BCUT2D eigenvalue weighted by atomic mass is 16.5. The fourth-order valence-corrected chi connectivity index (χ4v) is 2.49. The van der Waals surface area contributed by atoms with Crippen LogP contribution in [-0.2, 0) is 0 Å². The molecule has 4 nitrogen and oxygen atoms in total. The van der Waals surface area contributed by atoms with Gasteiger partial charge in [-0.25, -0.2) is 4.79 Å². The average Bonchev–Trinajstić information content (AvgIpc) is 2.46. The Bertz CT molecular complexity index is 733. The van der Waals surface area contributed by atoms with Crippen molar-refractivity contribution < 1.29 is 19.4 Å². The van der Waals surface area contributed by atoms with E-state index in [2.05, 4.69) is 0 Å². The van der Waals surface area contributed by atoms with Gasteiger partial charge in [-0.15, -0.1) is 0 Å². The number of carbonyl (C=O) groups excluding carboxylic acids is 1.